The molecule has 0 saturated carbocycles. The Hall–Kier alpha value is -0.920. The van der Waals surface area contributed by atoms with Crippen LogP contribution in [0, 0.1) is 12.8 Å². The van der Waals surface area contributed by atoms with Gasteiger partial charge < -0.3 is 5.73 Å². The molecular formula is C12H22N4O2S. The van der Waals surface area contributed by atoms with Crippen molar-refractivity contribution in [2.75, 3.05) is 13.1 Å². The Morgan fingerprint density at radius 3 is 2.74 bits per heavy atom. The number of hydrogen-bond donors (Lipinski definition) is 1. The molecule has 0 bridgehead atoms. The van der Waals surface area contributed by atoms with E-state index in [9.17, 15) is 8.42 Å². The standard InChI is InChI=1S/C12H22N4O2S/c1-9-5-4-6-16(11(9)7-13)19(17,18)12-8-14-15(3)10(12)2/h8-9,11H,4-7,13H2,1-3H3. The minimum absolute atomic E-state index is 0.113. The van der Waals surface area contributed by atoms with Gasteiger partial charge in [-0.05, 0) is 25.7 Å². The summed E-state index contributed by atoms with van der Waals surface area (Å²) >= 11 is 0. The van der Waals surface area contributed by atoms with E-state index in [2.05, 4.69) is 12.0 Å². The lowest BCUT2D eigenvalue weighted by Crippen LogP contribution is -2.51. The molecule has 1 aromatic rings. The molecule has 0 aromatic carbocycles. The van der Waals surface area contributed by atoms with Crippen LogP contribution < -0.4 is 5.73 Å². The van der Waals surface area contributed by atoms with Crippen LogP contribution in [-0.2, 0) is 17.1 Å². The molecule has 2 N–H and O–H groups in total. The highest BCUT2D eigenvalue weighted by Gasteiger charge is 2.37. The normalized spacial score (nSPS) is 25.7. The van der Waals surface area contributed by atoms with Crippen molar-refractivity contribution in [2.45, 2.75) is 37.6 Å². The van der Waals surface area contributed by atoms with Crippen molar-refractivity contribution in [3.05, 3.63) is 11.9 Å². The van der Waals surface area contributed by atoms with E-state index >= 15 is 0 Å². The second-order valence-electron chi connectivity index (χ2n) is 5.26. The highest BCUT2D eigenvalue weighted by Crippen LogP contribution is 2.29. The molecule has 1 saturated heterocycles. The average Bonchev–Trinajstić information content (AvgIpc) is 2.70. The van der Waals surface area contributed by atoms with Gasteiger partial charge >= 0.3 is 0 Å². The molecule has 2 unspecified atom stereocenters. The highest BCUT2D eigenvalue weighted by molar-refractivity contribution is 7.89. The Morgan fingerprint density at radius 1 is 1.53 bits per heavy atom. The van der Waals surface area contributed by atoms with E-state index in [1.165, 1.54) is 6.20 Å². The summed E-state index contributed by atoms with van der Waals surface area (Å²) in [5, 5.41) is 4.03. The Balaban J connectivity index is 2.41. The van der Waals surface area contributed by atoms with E-state index in [-0.39, 0.29) is 6.04 Å². The Kier molecular flexibility index (Phi) is 3.98. The van der Waals surface area contributed by atoms with E-state index in [1.807, 2.05) is 0 Å². The molecular weight excluding hydrogens is 264 g/mol. The molecule has 2 atom stereocenters. The van der Waals surface area contributed by atoms with Crippen LogP contribution in [0.4, 0.5) is 0 Å². The zero-order chi connectivity index (χ0) is 14.2. The van der Waals surface area contributed by atoms with Crippen molar-refractivity contribution in [1.82, 2.24) is 14.1 Å². The van der Waals surface area contributed by atoms with Gasteiger partial charge in [-0.15, -0.1) is 0 Å². The van der Waals surface area contributed by atoms with E-state index in [1.54, 1.807) is 23.0 Å². The lowest BCUT2D eigenvalue weighted by atomic mass is 9.93. The maximum Gasteiger partial charge on any atom is 0.246 e. The molecule has 0 spiro atoms. The summed E-state index contributed by atoms with van der Waals surface area (Å²) in [5.41, 5.74) is 6.44. The first-order valence-corrected chi connectivity index (χ1v) is 8.04. The molecule has 19 heavy (non-hydrogen) atoms. The van der Waals surface area contributed by atoms with Gasteiger partial charge in [0.25, 0.3) is 0 Å². The van der Waals surface area contributed by atoms with E-state index < -0.39 is 10.0 Å². The first kappa shape index (κ1) is 14.5. The second-order valence-corrected chi connectivity index (χ2v) is 7.12. The topological polar surface area (TPSA) is 81.2 Å². The van der Waals surface area contributed by atoms with Gasteiger partial charge in [0.05, 0.1) is 11.9 Å². The Labute approximate surface area is 114 Å². The Bertz CT molecular complexity index is 552. The molecule has 1 aliphatic rings. The summed E-state index contributed by atoms with van der Waals surface area (Å²) in [7, 11) is -1.75. The van der Waals surface area contributed by atoms with Gasteiger partial charge in [0.15, 0.2) is 0 Å². The van der Waals surface area contributed by atoms with Crippen LogP contribution in [0.5, 0.6) is 0 Å². The van der Waals surface area contributed by atoms with Crippen molar-refractivity contribution < 1.29 is 8.42 Å². The van der Waals surface area contributed by atoms with Crippen LogP contribution in [0.15, 0.2) is 11.1 Å². The van der Waals surface area contributed by atoms with Gasteiger partial charge in [-0.2, -0.15) is 9.40 Å². The highest BCUT2D eigenvalue weighted by atomic mass is 32.2. The zero-order valence-corrected chi connectivity index (χ0v) is 12.5. The molecule has 6 nitrogen and oxygen atoms in total. The Morgan fingerprint density at radius 2 is 2.21 bits per heavy atom. The lowest BCUT2D eigenvalue weighted by Gasteiger charge is -2.38. The van der Waals surface area contributed by atoms with Crippen LogP contribution in [-0.4, -0.2) is 41.6 Å². The van der Waals surface area contributed by atoms with Gasteiger partial charge in [0.1, 0.15) is 4.90 Å². The predicted molar refractivity (Wildman–Crippen MR) is 73.1 cm³/mol. The van der Waals surface area contributed by atoms with Gasteiger partial charge in [0, 0.05) is 26.2 Å². The average molecular weight is 286 g/mol. The van der Waals surface area contributed by atoms with Crippen molar-refractivity contribution in [3.63, 3.8) is 0 Å². The molecule has 2 heterocycles. The first-order chi connectivity index (χ1) is 8.89. The number of sulfonamides is 1. The van der Waals surface area contributed by atoms with Gasteiger partial charge in [-0.3, -0.25) is 4.68 Å². The van der Waals surface area contributed by atoms with Crippen LogP contribution in [0.3, 0.4) is 0 Å². The number of aryl methyl sites for hydroxylation is 1. The minimum Gasteiger partial charge on any atom is -0.329 e. The summed E-state index contributed by atoms with van der Waals surface area (Å²) < 4.78 is 28.6. The van der Waals surface area contributed by atoms with Gasteiger partial charge in [-0.25, -0.2) is 8.42 Å². The molecule has 7 heteroatoms. The molecule has 0 radical (unpaired) electrons. The number of hydrogen-bond acceptors (Lipinski definition) is 4. The number of nitrogens with two attached hydrogens (primary N) is 1. The van der Waals surface area contributed by atoms with Crippen LogP contribution in [0.2, 0.25) is 0 Å². The molecule has 1 aliphatic heterocycles. The predicted octanol–water partition coefficient (Wildman–Crippen LogP) is 0.476. The van der Waals surface area contributed by atoms with Gasteiger partial charge in [0.2, 0.25) is 10.0 Å². The summed E-state index contributed by atoms with van der Waals surface area (Å²) in [6.07, 6.45) is 3.34. The van der Waals surface area contributed by atoms with Crippen LogP contribution >= 0.6 is 0 Å². The largest absolute Gasteiger partial charge is 0.329 e. The number of nitrogens with zero attached hydrogens (tertiary/aromatic N) is 3. The van der Waals surface area contributed by atoms with Crippen LogP contribution in [0.1, 0.15) is 25.5 Å². The summed E-state index contributed by atoms with van der Waals surface area (Å²) in [4.78, 5) is 0.294. The van der Waals surface area contributed by atoms with Gasteiger partial charge in [-0.1, -0.05) is 6.92 Å². The maximum absolute atomic E-state index is 12.8. The molecule has 2 rings (SSSR count). The van der Waals surface area contributed by atoms with Crippen molar-refractivity contribution in [1.29, 1.82) is 0 Å². The zero-order valence-electron chi connectivity index (χ0n) is 11.7. The molecule has 1 aromatic heterocycles. The molecule has 108 valence electrons. The monoisotopic (exact) mass is 286 g/mol. The first-order valence-electron chi connectivity index (χ1n) is 6.60. The van der Waals surface area contributed by atoms with Crippen molar-refractivity contribution in [2.24, 2.45) is 18.7 Å². The quantitative estimate of drug-likeness (QED) is 0.876. The lowest BCUT2D eigenvalue weighted by molar-refractivity contribution is 0.192. The number of piperidine rings is 1. The number of rotatable bonds is 3. The minimum atomic E-state index is -3.50. The third-order valence-corrected chi connectivity index (χ3v) is 6.11. The van der Waals surface area contributed by atoms with E-state index in [4.69, 9.17) is 5.73 Å². The van der Waals surface area contributed by atoms with E-state index in [0.717, 1.165) is 12.8 Å². The smallest absolute Gasteiger partial charge is 0.246 e. The van der Waals surface area contributed by atoms with Crippen LogP contribution in [0.25, 0.3) is 0 Å². The summed E-state index contributed by atoms with van der Waals surface area (Å²) in [5.74, 6) is 0.297. The fourth-order valence-electron chi connectivity index (χ4n) is 2.72. The molecule has 1 fully saturated rings. The second kappa shape index (κ2) is 5.22. The third kappa shape index (κ3) is 2.42. The SMILES string of the molecule is Cc1c(S(=O)(=O)N2CCCC(C)C2CN)cnn1C. The fourth-order valence-corrected chi connectivity index (χ4v) is 4.68. The van der Waals surface area contributed by atoms with E-state index in [0.29, 0.717) is 29.6 Å². The number of aromatic nitrogens is 2. The maximum atomic E-state index is 12.8. The summed E-state index contributed by atoms with van der Waals surface area (Å²) in [6, 6.07) is -0.113. The van der Waals surface area contributed by atoms with Crippen molar-refractivity contribution >= 4 is 10.0 Å². The third-order valence-electron chi connectivity index (χ3n) is 4.08. The fraction of sp³-hybridized carbons (Fsp3) is 0.750. The molecule has 0 amide bonds. The summed E-state index contributed by atoms with van der Waals surface area (Å²) in [6.45, 7) is 4.74. The van der Waals surface area contributed by atoms with Crippen molar-refractivity contribution in [3.8, 4) is 0 Å². The molecule has 0 aliphatic carbocycles.